The first-order valence-corrected chi connectivity index (χ1v) is 7.51. The quantitative estimate of drug-likeness (QED) is 0.800. The lowest BCUT2D eigenvalue weighted by Crippen LogP contribution is -2.54. The van der Waals surface area contributed by atoms with Crippen LogP contribution in [-0.2, 0) is 0 Å². The van der Waals surface area contributed by atoms with Gasteiger partial charge in [0.1, 0.15) is 23.4 Å². The topological polar surface area (TPSA) is 99.6 Å². The number of fused-ring (bicyclic) bond motifs is 1. The Morgan fingerprint density at radius 3 is 2.86 bits per heavy atom. The number of hydrogen-bond acceptors (Lipinski definition) is 6. The summed E-state index contributed by atoms with van der Waals surface area (Å²) in [6.45, 7) is 4.81. The van der Waals surface area contributed by atoms with Gasteiger partial charge in [-0.3, -0.25) is 0 Å². The van der Waals surface area contributed by atoms with Gasteiger partial charge < -0.3 is 16.4 Å². The van der Waals surface area contributed by atoms with E-state index >= 15 is 0 Å². The molecule has 6 heteroatoms. The van der Waals surface area contributed by atoms with E-state index in [1.165, 1.54) is 0 Å². The second kappa shape index (κ2) is 5.43. The molecule has 1 aliphatic carbocycles. The summed E-state index contributed by atoms with van der Waals surface area (Å²) in [7, 11) is 0. The third kappa shape index (κ3) is 2.81. The van der Waals surface area contributed by atoms with Crippen LogP contribution in [0, 0.1) is 11.3 Å². The van der Waals surface area contributed by atoms with Crippen LogP contribution in [0.5, 0.6) is 0 Å². The highest BCUT2D eigenvalue weighted by Gasteiger charge is 2.36. The van der Waals surface area contributed by atoms with E-state index < -0.39 is 0 Å². The molecule has 1 aliphatic rings. The first-order valence-electron chi connectivity index (χ1n) is 7.51. The molecule has 1 saturated carbocycles. The summed E-state index contributed by atoms with van der Waals surface area (Å²) in [5.41, 5.74) is 6.37. The van der Waals surface area contributed by atoms with E-state index in [-0.39, 0.29) is 5.54 Å². The average molecular weight is 296 g/mol. The zero-order chi connectivity index (χ0) is 15.7. The number of nitrogens with two attached hydrogens (primary N) is 1. The fourth-order valence-electron chi connectivity index (χ4n) is 2.96. The molecule has 1 fully saturated rings. The van der Waals surface area contributed by atoms with E-state index in [1.54, 1.807) is 12.3 Å². The van der Waals surface area contributed by atoms with Crippen LogP contribution in [0.2, 0.25) is 0 Å². The van der Waals surface area contributed by atoms with Crippen molar-refractivity contribution in [3.63, 3.8) is 0 Å². The van der Waals surface area contributed by atoms with Gasteiger partial charge in [-0.1, -0.05) is 0 Å². The molecule has 2 aromatic heterocycles. The number of pyridine rings is 2. The molecule has 2 heterocycles. The Hall–Kier alpha value is -2.39. The van der Waals surface area contributed by atoms with E-state index in [9.17, 15) is 0 Å². The van der Waals surface area contributed by atoms with Crippen molar-refractivity contribution >= 4 is 22.4 Å². The van der Waals surface area contributed by atoms with Crippen molar-refractivity contribution in [2.45, 2.75) is 38.3 Å². The van der Waals surface area contributed by atoms with Gasteiger partial charge in [0.2, 0.25) is 0 Å². The van der Waals surface area contributed by atoms with Crippen molar-refractivity contribution in [3.05, 3.63) is 24.0 Å². The number of nitrogens with zero attached hydrogens (tertiary/aromatic N) is 3. The Morgan fingerprint density at radius 2 is 2.23 bits per heavy atom. The monoisotopic (exact) mass is 296 g/mol. The fraction of sp³-hybridized carbons (Fsp3) is 0.438. The number of nitriles is 1. The smallest absolute Gasteiger partial charge is 0.143 e. The van der Waals surface area contributed by atoms with Gasteiger partial charge in [-0.25, -0.2) is 9.97 Å². The van der Waals surface area contributed by atoms with Gasteiger partial charge in [0, 0.05) is 35.1 Å². The Morgan fingerprint density at radius 1 is 1.45 bits per heavy atom. The van der Waals surface area contributed by atoms with Crippen molar-refractivity contribution in [3.8, 4) is 6.07 Å². The molecule has 0 saturated heterocycles. The van der Waals surface area contributed by atoms with Gasteiger partial charge in [0.15, 0.2) is 0 Å². The van der Waals surface area contributed by atoms with Crippen LogP contribution in [0.3, 0.4) is 0 Å². The third-order valence-corrected chi connectivity index (χ3v) is 3.95. The van der Waals surface area contributed by atoms with Gasteiger partial charge in [-0.15, -0.1) is 0 Å². The second-order valence-corrected chi connectivity index (χ2v) is 6.19. The number of hydrogen-bond donors (Lipinski definition) is 3. The molecule has 2 aromatic rings. The zero-order valence-corrected chi connectivity index (χ0v) is 12.8. The summed E-state index contributed by atoms with van der Waals surface area (Å²) in [5, 5.41) is 17.6. The van der Waals surface area contributed by atoms with Crippen LogP contribution in [0.15, 0.2) is 18.3 Å². The molecule has 22 heavy (non-hydrogen) atoms. The SMILES string of the molecule is CCNc1nc(C#N)cc2cnc(N[C@H]3C[C@](C)(N)C3)cc12. The summed E-state index contributed by atoms with van der Waals surface area (Å²) in [5.74, 6) is 1.54. The Balaban J connectivity index is 1.91. The van der Waals surface area contributed by atoms with Crippen LogP contribution in [-0.4, -0.2) is 28.1 Å². The Bertz CT molecular complexity index is 738. The van der Waals surface area contributed by atoms with Gasteiger partial charge in [-0.05, 0) is 38.8 Å². The molecule has 6 nitrogen and oxygen atoms in total. The average Bonchev–Trinajstić information content (AvgIpc) is 2.45. The minimum Gasteiger partial charge on any atom is -0.370 e. The maximum absolute atomic E-state index is 9.07. The molecule has 0 atom stereocenters. The molecule has 4 N–H and O–H groups in total. The third-order valence-electron chi connectivity index (χ3n) is 3.95. The lowest BCUT2D eigenvalue weighted by Gasteiger charge is -2.42. The molecule has 114 valence electrons. The molecule has 0 bridgehead atoms. The van der Waals surface area contributed by atoms with Crippen molar-refractivity contribution < 1.29 is 0 Å². The molecular weight excluding hydrogens is 276 g/mol. The highest BCUT2D eigenvalue weighted by Crippen LogP contribution is 2.32. The number of rotatable bonds is 4. The van der Waals surface area contributed by atoms with E-state index in [2.05, 4.69) is 33.6 Å². The summed E-state index contributed by atoms with van der Waals surface area (Å²) in [4.78, 5) is 8.78. The lowest BCUT2D eigenvalue weighted by molar-refractivity contribution is 0.248. The van der Waals surface area contributed by atoms with Crippen LogP contribution in [0.1, 0.15) is 32.4 Å². The molecule has 0 amide bonds. The van der Waals surface area contributed by atoms with E-state index in [0.717, 1.165) is 41.8 Å². The second-order valence-electron chi connectivity index (χ2n) is 6.19. The molecule has 0 aromatic carbocycles. The molecular formula is C16H20N6. The first kappa shape index (κ1) is 14.5. The maximum atomic E-state index is 9.07. The lowest BCUT2D eigenvalue weighted by atomic mass is 9.75. The predicted molar refractivity (Wildman–Crippen MR) is 87.7 cm³/mol. The molecule has 0 radical (unpaired) electrons. The largest absolute Gasteiger partial charge is 0.370 e. The van der Waals surface area contributed by atoms with E-state index in [1.807, 2.05) is 13.0 Å². The summed E-state index contributed by atoms with van der Waals surface area (Å²) < 4.78 is 0. The van der Waals surface area contributed by atoms with E-state index in [4.69, 9.17) is 11.0 Å². The zero-order valence-electron chi connectivity index (χ0n) is 12.8. The van der Waals surface area contributed by atoms with Crippen molar-refractivity contribution in [1.29, 1.82) is 5.26 Å². The van der Waals surface area contributed by atoms with Crippen molar-refractivity contribution in [1.82, 2.24) is 9.97 Å². The molecule has 0 aliphatic heterocycles. The fourth-order valence-corrected chi connectivity index (χ4v) is 2.96. The van der Waals surface area contributed by atoms with Crippen molar-refractivity contribution in [2.24, 2.45) is 5.73 Å². The summed E-state index contributed by atoms with van der Waals surface area (Å²) in [6, 6.07) is 6.19. The van der Waals surface area contributed by atoms with Gasteiger partial charge in [0.25, 0.3) is 0 Å². The van der Waals surface area contributed by atoms with Gasteiger partial charge >= 0.3 is 0 Å². The minimum absolute atomic E-state index is 0.0628. The number of aromatic nitrogens is 2. The molecule has 3 rings (SSSR count). The molecule has 0 unspecified atom stereocenters. The standard InChI is InChI=1S/C16H20N6/c1-3-19-15-13-5-14(21-12-6-16(2,18)7-12)20-9-10(13)4-11(8-17)22-15/h4-5,9,12H,3,6-7,18H2,1-2H3,(H,19,22)(H,20,21)/t12-,16-. The summed E-state index contributed by atoms with van der Waals surface area (Å²) in [6.07, 6.45) is 3.66. The Kier molecular flexibility index (Phi) is 3.59. The van der Waals surface area contributed by atoms with Gasteiger partial charge in [-0.2, -0.15) is 5.26 Å². The van der Waals surface area contributed by atoms with Crippen LogP contribution >= 0.6 is 0 Å². The van der Waals surface area contributed by atoms with Crippen LogP contribution in [0.4, 0.5) is 11.6 Å². The van der Waals surface area contributed by atoms with Gasteiger partial charge in [0.05, 0.1) is 0 Å². The van der Waals surface area contributed by atoms with Crippen LogP contribution < -0.4 is 16.4 Å². The minimum atomic E-state index is -0.0628. The van der Waals surface area contributed by atoms with E-state index in [0.29, 0.717) is 11.7 Å². The van der Waals surface area contributed by atoms with Crippen molar-refractivity contribution in [2.75, 3.05) is 17.2 Å². The number of anilines is 2. The highest BCUT2D eigenvalue weighted by atomic mass is 15.0. The molecule has 0 spiro atoms. The van der Waals surface area contributed by atoms with Crippen LogP contribution in [0.25, 0.3) is 10.8 Å². The predicted octanol–water partition coefficient (Wildman–Crippen LogP) is 2.22. The normalized spacial score (nSPS) is 23.6. The summed E-state index contributed by atoms with van der Waals surface area (Å²) >= 11 is 0. The maximum Gasteiger partial charge on any atom is 0.143 e. The Labute approximate surface area is 129 Å². The number of nitrogens with one attached hydrogen (secondary N) is 2. The highest BCUT2D eigenvalue weighted by molar-refractivity contribution is 5.93. The first-order chi connectivity index (χ1) is 10.5.